The van der Waals surface area contributed by atoms with E-state index in [1.54, 1.807) is 42.5 Å². The van der Waals surface area contributed by atoms with Crippen molar-refractivity contribution in [2.75, 3.05) is 10.6 Å². The minimum atomic E-state index is -0.472. The smallest absolute Gasteiger partial charge is 0.272 e. The first-order chi connectivity index (χ1) is 23.3. The van der Waals surface area contributed by atoms with Gasteiger partial charge in [0.15, 0.2) is 5.13 Å². The Morgan fingerprint density at radius 2 is 1.56 bits per heavy atom. The van der Waals surface area contributed by atoms with Gasteiger partial charge in [-0.15, -0.1) is 23.1 Å². The number of nitrogens with one attached hydrogen (secondary N) is 3. The molecular weight excluding hydrogens is 637 g/mol. The summed E-state index contributed by atoms with van der Waals surface area (Å²) in [5, 5.41) is 12.9. The normalized spacial score (nSPS) is 11.9. The van der Waals surface area contributed by atoms with Gasteiger partial charge >= 0.3 is 0 Å². The van der Waals surface area contributed by atoms with Crippen LogP contribution < -0.4 is 16.0 Å². The molecule has 0 aliphatic rings. The molecule has 0 aliphatic heterocycles. The van der Waals surface area contributed by atoms with E-state index in [4.69, 9.17) is 0 Å². The predicted molar refractivity (Wildman–Crippen MR) is 197 cm³/mol. The number of carbonyl (C=O) groups excluding carboxylic acids is 3. The van der Waals surface area contributed by atoms with Crippen LogP contribution in [0, 0.1) is 6.92 Å². The van der Waals surface area contributed by atoms with Crippen molar-refractivity contribution in [3.8, 4) is 11.3 Å². The van der Waals surface area contributed by atoms with Gasteiger partial charge in [0.1, 0.15) is 5.70 Å². The number of fused-ring (bicyclic) bond motifs is 1. The topological polar surface area (TPSA) is 100 Å². The second-order valence-electron chi connectivity index (χ2n) is 11.1. The molecule has 0 fully saturated rings. The summed E-state index contributed by atoms with van der Waals surface area (Å²) >= 11 is 2.75. The van der Waals surface area contributed by atoms with Crippen molar-refractivity contribution in [3.05, 3.63) is 149 Å². The molecule has 3 N–H and O–H groups in total. The largest absolute Gasteiger partial charge is 0.321 e. The number of rotatable bonds is 10. The molecule has 3 amide bonds. The molecule has 0 aliphatic carbocycles. The summed E-state index contributed by atoms with van der Waals surface area (Å²) in [6.07, 6.45) is 1.65. The molecule has 0 saturated carbocycles. The summed E-state index contributed by atoms with van der Waals surface area (Å²) in [6, 6.07) is 38.0. The quantitative estimate of drug-likeness (QED) is 0.100. The molecule has 1 heterocycles. The molecule has 0 radical (unpaired) electrons. The zero-order valence-electron chi connectivity index (χ0n) is 26.3. The molecule has 7 nitrogen and oxygen atoms in total. The van der Waals surface area contributed by atoms with Crippen molar-refractivity contribution in [2.45, 2.75) is 24.0 Å². The van der Waals surface area contributed by atoms with Crippen LogP contribution in [0.1, 0.15) is 28.4 Å². The van der Waals surface area contributed by atoms with E-state index < -0.39 is 17.1 Å². The van der Waals surface area contributed by atoms with Gasteiger partial charge in [-0.05, 0) is 72.7 Å². The molecule has 6 aromatic rings. The highest BCUT2D eigenvalue weighted by Crippen LogP contribution is 2.30. The summed E-state index contributed by atoms with van der Waals surface area (Å²) in [5.74, 6) is -1.04. The summed E-state index contributed by atoms with van der Waals surface area (Å²) < 4.78 is 0. The van der Waals surface area contributed by atoms with E-state index in [1.165, 1.54) is 23.1 Å². The van der Waals surface area contributed by atoms with Gasteiger partial charge in [-0.3, -0.25) is 14.4 Å². The van der Waals surface area contributed by atoms with Gasteiger partial charge in [-0.2, -0.15) is 0 Å². The molecule has 1 unspecified atom stereocenters. The molecule has 1 atom stereocenters. The highest BCUT2D eigenvalue weighted by atomic mass is 32.2. The van der Waals surface area contributed by atoms with E-state index in [2.05, 4.69) is 45.2 Å². The van der Waals surface area contributed by atoms with Gasteiger partial charge in [0.05, 0.1) is 10.9 Å². The molecular formula is C39H32N4O3S2. The zero-order valence-corrected chi connectivity index (χ0v) is 27.9. The number of nitrogens with zero attached hydrogens (tertiary/aromatic N) is 1. The van der Waals surface area contributed by atoms with Gasteiger partial charge in [0.2, 0.25) is 5.91 Å². The molecule has 5 aromatic carbocycles. The highest BCUT2D eigenvalue weighted by molar-refractivity contribution is 8.00. The van der Waals surface area contributed by atoms with E-state index in [0.29, 0.717) is 16.4 Å². The number of thioether (sulfide) groups is 1. The number of hydrogen-bond donors (Lipinski definition) is 3. The van der Waals surface area contributed by atoms with Crippen LogP contribution in [0.2, 0.25) is 0 Å². The number of aromatic nitrogens is 1. The molecule has 6 rings (SSSR count). The second kappa shape index (κ2) is 14.9. The standard InChI is InChI=1S/C39H32N4O3S2/c1-25-10-8-11-27(20-25)21-34(41-37(45)29-13-4-3-5-14-29)38(46)40-32-16-9-17-33(23-32)48-26(2)36(44)43-39-42-35(24-47-39)31-19-18-28-12-6-7-15-30(28)22-31/h3-24,26H,1-2H3,(H,40,46)(H,41,45)(H,42,43,44)/b34-21+. The van der Waals surface area contributed by atoms with E-state index in [9.17, 15) is 14.4 Å². The molecule has 9 heteroatoms. The Kier molecular flexibility index (Phi) is 10.1. The number of carbonyl (C=O) groups is 3. The van der Waals surface area contributed by atoms with E-state index >= 15 is 0 Å². The molecule has 0 spiro atoms. The molecule has 0 saturated heterocycles. The lowest BCUT2D eigenvalue weighted by Crippen LogP contribution is -2.30. The van der Waals surface area contributed by atoms with Crippen LogP contribution in [-0.4, -0.2) is 28.0 Å². The van der Waals surface area contributed by atoms with E-state index in [-0.39, 0.29) is 11.6 Å². The van der Waals surface area contributed by atoms with Crippen molar-refractivity contribution in [1.82, 2.24) is 10.3 Å². The van der Waals surface area contributed by atoms with Crippen LogP contribution in [0.4, 0.5) is 10.8 Å². The van der Waals surface area contributed by atoms with Crippen molar-refractivity contribution in [2.24, 2.45) is 0 Å². The van der Waals surface area contributed by atoms with Crippen LogP contribution in [-0.2, 0) is 9.59 Å². The first-order valence-corrected chi connectivity index (χ1v) is 17.0. The number of hydrogen-bond acceptors (Lipinski definition) is 6. The Bertz CT molecular complexity index is 2140. The molecule has 0 bridgehead atoms. The van der Waals surface area contributed by atoms with Crippen LogP contribution >= 0.6 is 23.1 Å². The van der Waals surface area contributed by atoms with Crippen molar-refractivity contribution in [3.63, 3.8) is 0 Å². The fourth-order valence-corrected chi connectivity index (χ4v) is 6.64. The van der Waals surface area contributed by atoms with Crippen LogP contribution in [0.3, 0.4) is 0 Å². The lowest BCUT2D eigenvalue weighted by molar-refractivity contribution is -0.115. The van der Waals surface area contributed by atoms with E-state index in [0.717, 1.165) is 38.1 Å². The number of amides is 3. The Morgan fingerprint density at radius 1 is 0.792 bits per heavy atom. The minimum Gasteiger partial charge on any atom is -0.321 e. The minimum absolute atomic E-state index is 0.103. The average Bonchev–Trinajstić information content (AvgIpc) is 3.56. The van der Waals surface area contributed by atoms with Crippen LogP contribution in [0.15, 0.2) is 137 Å². The third-order valence-electron chi connectivity index (χ3n) is 7.44. The van der Waals surface area contributed by atoms with Gasteiger partial charge in [0, 0.05) is 27.1 Å². The number of thiazole rings is 1. The van der Waals surface area contributed by atoms with Gasteiger partial charge < -0.3 is 16.0 Å². The maximum atomic E-state index is 13.5. The Hall–Kier alpha value is -5.51. The maximum absolute atomic E-state index is 13.5. The third kappa shape index (κ3) is 8.25. The first-order valence-electron chi connectivity index (χ1n) is 15.3. The summed E-state index contributed by atoms with van der Waals surface area (Å²) in [7, 11) is 0. The highest BCUT2D eigenvalue weighted by Gasteiger charge is 2.18. The average molecular weight is 669 g/mol. The van der Waals surface area contributed by atoms with Crippen molar-refractivity contribution >= 4 is 68.5 Å². The van der Waals surface area contributed by atoms with Crippen LogP contribution in [0.25, 0.3) is 28.1 Å². The third-order valence-corrected chi connectivity index (χ3v) is 9.29. The lowest BCUT2D eigenvalue weighted by Gasteiger charge is -2.14. The van der Waals surface area contributed by atoms with E-state index in [1.807, 2.05) is 79.9 Å². The Morgan fingerprint density at radius 3 is 2.38 bits per heavy atom. The molecule has 48 heavy (non-hydrogen) atoms. The fourth-order valence-electron chi connectivity index (χ4n) is 4.99. The summed E-state index contributed by atoms with van der Waals surface area (Å²) in [6.45, 7) is 3.79. The molecule has 238 valence electrons. The zero-order chi connectivity index (χ0) is 33.5. The fraction of sp³-hybridized carbons (Fsp3) is 0.0769. The monoisotopic (exact) mass is 668 g/mol. The predicted octanol–water partition coefficient (Wildman–Crippen LogP) is 8.80. The Balaban J connectivity index is 1.11. The van der Waals surface area contributed by atoms with Crippen molar-refractivity contribution in [1.29, 1.82) is 0 Å². The van der Waals surface area contributed by atoms with Crippen LogP contribution in [0.5, 0.6) is 0 Å². The Labute approximate surface area is 287 Å². The second-order valence-corrected chi connectivity index (χ2v) is 13.4. The van der Waals surface area contributed by atoms with Gasteiger partial charge in [-0.25, -0.2) is 4.98 Å². The summed E-state index contributed by atoms with van der Waals surface area (Å²) in [5.41, 5.74) is 4.68. The lowest BCUT2D eigenvalue weighted by atomic mass is 10.1. The molecule has 1 aromatic heterocycles. The number of benzene rings is 5. The summed E-state index contributed by atoms with van der Waals surface area (Å²) in [4.78, 5) is 45.1. The number of anilines is 2. The van der Waals surface area contributed by atoms with Crippen molar-refractivity contribution < 1.29 is 14.4 Å². The SMILES string of the molecule is Cc1cccc(/C=C(/NC(=O)c2ccccc2)C(=O)Nc2cccc(SC(C)C(=O)Nc3nc(-c4ccc5ccccc5c4)cs3)c2)c1. The van der Waals surface area contributed by atoms with Gasteiger partial charge in [-0.1, -0.05) is 90.5 Å². The first kappa shape index (κ1) is 32.4. The van der Waals surface area contributed by atoms with Gasteiger partial charge in [0.25, 0.3) is 11.8 Å². The number of aryl methyl sites for hydroxylation is 1. The maximum Gasteiger partial charge on any atom is 0.272 e.